The number of imidazole rings is 1. The highest BCUT2D eigenvalue weighted by molar-refractivity contribution is 5.38. The second-order valence-electron chi connectivity index (χ2n) is 7.17. The van der Waals surface area contributed by atoms with Crippen molar-refractivity contribution in [2.24, 2.45) is 0 Å². The van der Waals surface area contributed by atoms with E-state index < -0.39 is 0 Å². The van der Waals surface area contributed by atoms with Crippen LogP contribution in [0.3, 0.4) is 0 Å². The Morgan fingerprint density at radius 3 is 2.60 bits per heavy atom. The maximum absolute atomic E-state index is 9.90. The monoisotopic (exact) mass is 331 g/mol. The number of nitrogens with zero attached hydrogens (tertiary/aromatic N) is 2. The predicted molar refractivity (Wildman–Crippen MR) is 96.6 cm³/mol. The van der Waals surface area contributed by atoms with Crippen molar-refractivity contribution in [2.45, 2.75) is 31.3 Å². The molecule has 3 aromatic rings. The number of aromatic nitrogens is 2. The average Bonchev–Trinajstić information content (AvgIpc) is 3.27. The molecule has 0 amide bonds. The molecule has 5 rings (SSSR count). The van der Waals surface area contributed by atoms with Gasteiger partial charge in [-0.25, -0.2) is 4.98 Å². The molecule has 126 valence electrons. The van der Waals surface area contributed by atoms with Gasteiger partial charge in [-0.2, -0.15) is 0 Å². The third-order valence-corrected chi connectivity index (χ3v) is 5.68. The van der Waals surface area contributed by atoms with Crippen LogP contribution in [0.2, 0.25) is 0 Å². The molecule has 0 radical (unpaired) electrons. The number of H-pyrrole nitrogens is 1. The van der Waals surface area contributed by atoms with Crippen LogP contribution in [0.4, 0.5) is 0 Å². The van der Waals surface area contributed by atoms with E-state index in [9.17, 15) is 5.11 Å². The molecule has 0 fully saturated rings. The number of rotatable bonds is 2. The SMILES string of the molecule is Oc1cccc(C2CN(C3Cc4ccccc4C3)Cc3[nH]cnc32)c1. The lowest BCUT2D eigenvalue weighted by molar-refractivity contribution is 0.170. The van der Waals surface area contributed by atoms with Gasteiger partial charge in [-0.3, -0.25) is 4.90 Å². The summed E-state index contributed by atoms with van der Waals surface area (Å²) in [5, 5.41) is 9.90. The third-order valence-electron chi connectivity index (χ3n) is 5.68. The molecule has 2 heterocycles. The molecule has 1 aliphatic heterocycles. The summed E-state index contributed by atoms with van der Waals surface area (Å²) in [6.45, 7) is 1.86. The fourth-order valence-corrected chi connectivity index (χ4v) is 4.42. The van der Waals surface area contributed by atoms with Crippen LogP contribution in [-0.4, -0.2) is 32.6 Å². The minimum atomic E-state index is 0.200. The van der Waals surface area contributed by atoms with E-state index in [0.29, 0.717) is 11.8 Å². The lowest BCUT2D eigenvalue weighted by atomic mass is 9.89. The van der Waals surface area contributed by atoms with Crippen molar-refractivity contribution in [1.29, 1.82) is 0 Å². The zero-order valence-electron chi connectivity index (χ0n) is 14.0. The van der Waals surface area contributed by atoms with Crippen LogP contribution in [-0.2, 0) is 19.4 Å². The number of hydrogen-bond acceptors (Lipinski definition) is 3. The lowest BCUT2D eigenvalue weighted by Crippen LogP contribution is -2.42. The van der Waals surface area contributed by atoms with E-state index in [1.807, 2.05) is 12.1 Å². The van der Waals surface area contributed by atoms with Crippen molar-refractivity contribution in [3.8, 4) is 5.75 Å². The Bertz CT molecular complexity index is 892. The van der Waals surface area contributed by atoms with Gasteiger partial charge < -0.3 is 10.1 Å². The molecule has 1 atom stereocenters. The number of aromatic hydroxyl groups is 1. The van der Waals surface area contributed by atoms with Crippen molar-refractivity contribution in [1.82, 2.24) is 14.9 Å². The van der Waals surface area contributed by atoms with Crippen LogP contribution >= 0.6 is 0 Å². The molecular formula is C21H21N3O. The number of nitrogens with one attached hydrogen (secondary N) is 1. The summed E-state index contributed by atoms with van der Waals surface area (Å²) < 4.78 is 0. The molecule has 2 aliphatic rings. The van der Waals surface area contributed by atoms with E-state index >= 15 is 0 Å². The van der Waals surface area contributed by atoms with Crippen molar-refractivity contribution in [2.75, 3.05) is 6.54 Å². The summed E-state index contributed by atoms with van der Waals surface area (Å²) in [5.74, 6) is 0.519. The topological polar surface area (TPSA) is 52.1 Å². The van der Waals surface area contributed by atoms with Crippen molar-refractivity contribution in [3.63, 3.8) is 0 Å². The van der Waals surface area contributed by atoms with Gasteiger partial charge in [0, 0.05) is 25.0 Å². The first-order chi connectivity index (χ1) is 12.3. The van der Waals surface area contributed by atoms with Gasteiger partial charge >= 0.3 is 0 Å². The van der Waals surface area contributed by atoms with E-state index in [-0.39, 0.29) is 5.92 Å². The molecule has 1 aromatic heterocycles. The molecule has 25 heavy (non-hydrogen) atoms. The van der Waals surface area contributed by atoms with E-state index in [2.05, 4.69) is 45.2 Å². The maximum atomic E-state index is 9.90. The maximum Gasteiger partial charge on any atom is 0.115 e. The number of aromatic amines is 1. The van der Waals surface area contributed by atoms with E-state index in [4.69, 9.17) is 0 Å². The Hall–Kier alpha value is -2.59. The molecule has 0 saturated carbocycles. The molecule has 1 unspecified atom stereocenters. The Labute approximate surface area is 147 Å². The Kier molecular flexibility index (Phi) is 3.38. The molecule has 1 aliphatic carbocycles. The average molecular weight is 331 g/mol. The van der Waals surface area contributed by atoms with Crippen LogP contribution in [0, 0.1) is 0 Å². The highest BCUT2D eigenvalue weighted by Gasteiger charge is 2.34. The standard InChI is InChI=1S/C21H21N3O/c25-18-7-3-6-16(10-18)19-11-24(12-20-21(19)23-13-22-20)17-8-14-4-1-2-5-15(14)9-17/h1-7,10,13,17,19,25H,8-9,11-12H2,(H,22,23). The molecular weight excluding hydrogens is 310 g/mol. The second-order valence-corrected chi connectivity index (χ2v) is 7.17. The smallest absolute Gasteiger partial charge is 0.115 e. The highest BCUT2D eigenvalue weighted by atomic mass is 16.3. The number of phenolic OH excluding ortho intramolecular Hbond substituents is 1. The number of hydrogen-bond donors (Lipinski definition) is 2. The summed E-state index contributed by atoms with van der Waals surface area (Å²) in [7, 11) is 0. The number of benzene rings is 2. The Morgan fingerprint density at radius 1 is 1.04 bits per heavy atom. The summed E-state index contributed by atoms with van der Waals surface area (Å²) >= 11 is 0. The quantitative estimate of drug-likeness (QED) is 0.758. The summed E-state index contributed by atoms with van der Waals surface area (Å²) in [5.41, 5.74) is 6.43. The van der Waals surface area contributed by atoms with Crippen LogP contribution < -0.4 is 0 Å². The molecule has 0 bridgehead atoms. The van der Waals surface area contributed by atoms with Gasteiger partial charge in [-0.15, -0.1) is 0 Å². The van der Waals surface area contributed by atoms with Crippen molar-refractivity contribution in [3.05, 3.63) is 82.9 Å². The Balaban J connectivity index is 1.47. The van der Waals surface area contributed by atoms with Crippen LogP contribution in [0.1, 0.15) is 34.0 Å². The fraction of sp³-hybridized carbons (Fsp3) is 0.286. The van der Waals surface area contributed by atoms with Gasteiger partial charge in [0.1, 0.15) is 5.75 Å². The first-order valence-corrected chi connectivity index (χ1v) is 8.90. The summed E-state index contributed by atoms with van der Waals surface area (Å²) in [6, 6.07) is 16.9. The van der Waals surface area contributed by atoms with Crippen LogP contribution in [0.15, 0.2) is 54.9 Å². The lowest BCUT2D eigenvalue weighted by Gasteiger charge is -2.36. The molecule has 4 heteroatoms. The summed E-state index contributed by atoms with van der Waals surface area (Å²) in [4.78, 5) is 10.5. The van der Waals surface area contributed by atoms with Gasteiger partial charge in [0.15, 0.2) is 0 Å². The second kappa shape index (κ2) is 5.74. The van der Waals surface area contributed by atoms with Crippen LogP contribution in [0.5, 0.6) is 5.75 Å². The zero-order chi connectivity index (χ0) is 16.8. The third kappa shape index (κ3) is 2.53. The fourth-order valence-electron chi connectivity index (χ4n) is 4.42. The Morgan fingerprint density at radius 2 is 1.84 bits per heavy atom. The molecule has 4 nitrogen and oxygen atoms in total. The largest absolute Gasteiger partial charge is 0.508 e. The first-order valence-electron chi connectivity index (χ1n) is 8.90. The minimum absolute atomic E-state index is 0.200. The van der Waals surface area contributed by atoms with Gasteiger partial charge in [-0.05, 0) is 41.7 Å². The normalized spacial score (nSPS) is 20.4. The zero-order valence-corrected chi connectivity index (χ0v) is 14.0. The van der Waals surface area contributed by atoms with Gasteiger partial charge in [-0.1, -0.05) is 36.4 Å². The van der Waals surface area contributed by atoms with Gasteiger partial charge in [0.2, 0.25) is 0 Å². The van der Waals surface area contributed by atoms with E-state index in [1.54, 1.807) is 12.4 Å². The van der Waals surface area contributed by atoms with Crippen molar-refractivity contribution < 1.29 is 5.11 Å². The number of fused-ring (bicyclic) bond motifs is 2. The molecule has 2 N–H and O–H groups in total. The van der Waals surface area contributed by atoms with Gasteiger partial charge in [0.25, 0.3) is 0 Å². The van der Waals surface area contributed by atoms with Crippen LogP contribution in [0.25, 0.3) is 0 Å². The van der Waals surface area contributed by atoms with Crippen molar-refractivity contribution >= 4 is 0 Å². The molecule has 0 saturated heterocycles. The van der Waals surface area contributed by atoms with Gasteiger partial charge in [0.05, 0.1) is 17.7 Å². The van der Waals surface area contributed by atoms with E-state index in [0.717, 1.165) is 37.2 Å². The van der Waals surface area contributed by atoms with E-state index in [1.165, 1.54) is 16.8 Å². The molecule has 0 spiro atoms. The number of phenols is 1. The minimum Gasteiger partial charge on any atom is -0.508 e. The first kappa shape index (κ1) is 14.7. The summed E-state index contributed by atoms with van der Waals surface area (Å²) in [6.07, 6.45) is 4.03. The highest BCUT2D eigenvalue weighted by Crippen LogP contribution is 2.36. The molecule has 2 aromatic carbocycles. The predicted octanol–water partition coefficient (Wildman–Crippen LogP) is 3.23.